The highest BCUT2D eigenvalue weighted by Gasteiger charge is 2.29. The lowest BCUT2D eigenvalue weighted by Crippen LogP contribution is -2.52. The molecule has 2 rings (SSSR count). The summed E-state index contributed by atoms with van der Waals surface area (Å²) in [6, 6.07) is -0.236. The first-order valence-corrected chi connectivity index (χ1v) is 6.51. The number of nitrogens with one attached hydrogen (secondary N) is 2. The minimum Gasteiger partial charge on any atom is -0.378 e. The smallest absolute Gasteiger partial charge is 0.239 e. The molecule has 1 aliphatic heterocycles. The second-order valence-electron chi connectivity index (χ2n) is 3.95. The average Bonchev–Trinajstić information content (AvgIpc) is 2.86. The Morgan fingerprint density at radius 3 is 3.28 bits per heavy atom. The molecule has 1 saturated heterocycles. The van der Waals surface area contributed by atoms with E-state index in [1.165, 1.54) is 11.3 Å². The Kier molecular flexibility index (Phi) is 4.48. The monoisotopic (exact) mass is 271 g/mol. The van der Waals surface area contributed by atoms with Gasteiger partial charge in [0.1, 0.15) is 6.04 Å². The molecule has 1 aliphatic rings. The van der Waals surface area contributed by atoms with Gasteiger partial charge in [0.25, 0.3) is 0 Å². The summed E-state index contributed by atoms with van der Waals surface area (Å²) in [4.78, 5) is 19.0. The third kappa shape index (κ3) is 2.96. The van der Waals surface area contributed by atoms with Crippen LogP contribution in [0.15, 0.2) is 6.20 Å². The molecule has 1 unspecified atom stereocenters. The lowest BCUT2D eigenvalue weighted by Gasteiger charge is -2.33. The zero-order chi connectivity index (χ0) is 13.0. The molecule has 2 heterocycles. The van der Waals surface area contributed by atoms with E-state index in [9.17, 15) is 4.79 Å². The van der Waals surface area contributed by atoms with Gasteiger partial charge >= 0.3 is 0 Å². The van der Waals surface area contributed by atoms with Crippen molar-refractivity contribution in [3.05, 3.63) is 11.1 Å². The maximum atomic E-state index is 11.8. The number of ether oxygens (including phenoxy) is 1. The van der Waals surface area contributed by atoms with Gasteiger partial charge in [0.2, 0.25) is 5.91 Å². The van der Waals surface area contributed by atoms with Crippen molar-refractivity contribution >= 4 is 22.4 Å². The van der Waals surface area contributed by atoms with Crippen LogP contribution < -0.4 is 16.6 Å². The van der Waals surface area contributed by atoms with Gasteiger partial charge in [-0.1, -0.05) is 11.3 Å². The van der Waals surface area contributed by atoms with Gasteiger partial charge in [-0.15, -0.1) is 0 Å². The Morgan fingerprint density at radius 1 is 1.78 bits per heavy atom. The van der Waals surface area contributed by atoms with Crippen molar-refractivity contribution in [2.75, 3.05) is 32.2 Å². The fourth-order valence-electron chi connectivity index (χ4n) is 1.88. The zero-order valence-corrected chi connectivity index (χ0v) is 11.0. The van der Waals surface area contributed by atoms with Crippen molar-refractivity contribution in [3.63, 3.8) is 0 Å². The predicted molar refractivity (Wildman–Crippen MR) is 69.0 cm³/mol. The second-order valence-corrected chi connectivity index (χ2v) is 5.07. The number of rotatable bonds is 4. The van der Waals surface area contributed by atoms with E-state index < -0.39 is 0 Å². The van der Waals surface area contributed by atoms with Crippen LogP contribution in [0.5, 0.6) is 0 Å². The van der Waals surface area contributed by atoms with Crippen LogP contribution in [0.4, 0.5) is 5.13 Å². The number of morpholine rings is 1. The summed E-state index contributed by atoms with van der Waals surface area (Å²) < 4.78 is 5.35. The summed E-state index contributed by atoms with van der Waals surface area (Å²) in [5.74, 6) is 5.28. The van der Waals surface area contributed by atoms with E-state index in [-0.39, 0.29) is 11.9 Å². The molecule has 1 aromatic rings. The van der Waals surface area contributed by atoms with E-state index in [1.807, 2.05) is 0 Å². The maximum Gasteiger partial charge on any atom is 0.239 e. The first-order valence-electron chi connectivity index (χ1n) is 5.69. The van der Waals surface area contributed by atoms with Crippen molar-refractivity contribution in [1.82, 2.24) is 15.2 Å². The number of nitrogens with zero attached hydrogens (tertiary/aromatic N) is 2. The number of hydrogen-bond acceptors (Lipinski definition) is 7. The SMILES string of the molecule is CNC(=O)C1COCCN1Cc1cnc(NN)s1. The number of likely N-dealkylation sites (N-methyl/N-ethyl adjacent to an activating group) is 1. The van der Waals surface area contributed by atoms with Crippen LogP contribution in [0.25, 0.3) is 0 Å². The number of nitrogens with two attached hydrogens (primary N) is 1. The van der Waals surface area contributed by atoms with E-state index in [4.69, 9.17) is 10.6 Å². The van der Waals surface area contributed by atoms with Crippen molar-refractivity contribution < 1.29 is 9.53 Å². The van der Waals surface area contributed by atoms with Crippen molar-refractivity contribution in [3.8, 4) is 0 Å². The molecular formula is C10H17N5O2S. The molecule has 0 aromatic carbocycles. The number of carbonyl (C=O) groups excluding carboxylic acids is 1. The molecule has 1 atom stereocenters. The minimum atomic E-state index is -0.236. The quantitative estimate of drug-likeness (QED) is 0.499. The van der Waals surface area contributed by atoms with Gasteiger partial charge in [-0.05, 0) is 0 Å². The van der Waals surface area contributed by atoms with Gasteiger partial charge < -0.3 is 10.1 Å². The lowest BCUT2D eigenvalue weighted by molar-refractivity contribution is -0.132. The third-order valence-electron chi connectivity index (χ3n) is 2.82. The van der Waals surface area contributed by atoms with Gasteiger partial charge in [0.05, 0.1) is 13.2 Å². The third-order valence-corrected chi connectivity index (χ3v) is 3.74. The molecular weight excluding hydrogens is 254 g/mol. The van der Waals surface area contributed by atoms with Gasteiger partial charge in [-0.3, -0.25) is 15.1 Å². The normalized spacial score (nSPS) is 20.7. The summed E-state index contributed by atoms with van der Waals surface area (Å²) in [5, 5.41) is 3.34. The Labute approximate surface area is 109 Å². The summed E-state index contributed by atoms with van der Waals surface area (Å²) in [7, 11) is 1.64. The summed E-state index contributed by atoms with van der Waals surface area (Å²) in [5.41, 5.74) is 2.51. The van der Waals surface area contributed by atoms with Crippen molar-refractivity contribution in [1.29, 1.82) is 0 Å². The van der Waals surface area contributed by atoms with Gasteiger partial charge in [0, 0.05) is 31.2 Å². The van der Waals surface area contributed by atoms with E-state index in [0.717, 1.165) is 11.4 Å². The number of hydrogen-bond donors (Lipinski definition) is 3. The molecule has 4 N–H and O–H groups in total. The highest BCUT2D eigenvalue weighted by molar-refractivity contribution is 7.15. The zero-order valence-electron chi connectivity index (χ0n) is 10.2. The molecule has 18 heavy (non-hydrogen) atoms. The van der Waals surface area contributed by atoms with Crippen LogP contribution in [0.3, 0.4) is 0 Å². The molecule has 1 fully saturated rings. The van der Waals surface area contributed by atoms with Crippen molar-refractivity contribution in [2.24, 2.45) is 5.84 Å². The van der Waals surface area contributed by atoms with Gasteiger partial charge in [-0.25, -0.2) is 10.8 Å². The number of hydrazine groups is 1. The average molecular weight is 271 g/mol. The summed E-state index contributed by atoms with van der Waals surface area (Å²) in [6.45, 7) is 2.50. The Hall–Kier alpha value is -1.22. The predicted octanol–water partition coefficient (Wildman–Crippen LogP) is -0.624. The topological polar surface area (TPSA) is 92.5 Å². The second kappa shape index (κ2) is 6.10. The number of carbonyl (C=O) groups is 1. The van der Waals surface area contributed by atoms with Crippen LogP contribution in [0.1, 0.15) is 4.88 Å². The van der Waals surface area contributed by atoms with E-state index in [2.05, 4.69) is 20.6 Å². The number of aromatic nitrogens is 1. The van der Waals surface area contributed by atoms with Crippen LogP contribution in [0, 0.1) is 0 Å². The van der Waals surface area contributed by atoms with Crippen molar-refractivity contribution in [2.45, 2.75) is 12.6 Å². The molecule has 0 radical (unpaired) electrons. The standard InChI is InChI=1S/C10H17N5O2S/c1-12-9(16)8-6-17-3-2-15(8)5-7-4-13-10(14-11)18-7/h4,8H,2-3,5-6,11H2,1H3,(H,12,16)(H,13,14). The van der Waals surface area contributed by atoms with Gasteiger partial charge in [0.15, 0.2) is 5.13 Å². The van der Waals surface area contributed by atoms with Crippen LogP contribution in [0.2, 0.25) is 0 Å². The fraction of sp³-hybridized carbons (Fsp3) is 0.600. The summed E-state index contributed by atoms with van der Waals surface area (Å²) >= 11 is 1.49. The molecule has 0 spiro atoms. The van der Waals surface area contributed by atoms with E-state index >= 15 is 0 Å². The van der Waals surface area contributed by atoms with Crippen LogP contribution >= 0.6 is 11.3 Å². The number of thiazole rings is 1. The molecule has 0 saturated carbocycles. The number of anilines is 1. The first kappa shape index (κ1) is 13.2. The largest absolute Gasteiger partial charge is 0.378 e. The lowest BCUT2D eigenvalue weighted by atomic mass is 10.2. The fourth-order valence-corrected chi connectivity index (χ4v) is 2.63. The molecule has 8 heteroatoms. The molecule has 0 bridgehead atoms. The summed E-state index contributed by atoms with van der Waals surface area (Å²) in [6.07, 6.45) is 1.77. The van der Waals surface area contributed by atoms with E-state index in [1.54, 1.807) is 13.2 Å². The van der Waals surface area contributed by atoms with Crippen LogP contribution in [-0.2, 0) is 16.1 Å². The number of nitrogen functional groups attached to an aromatic ring is 1. The minimum absolute atomic E-state index is 0.0172. The Bertz CT molecular complexity index is 411. The molecule has 0 aliphatic carbocycles. The first-order chi connectivity index (χ1) is 8.74. The van der Waals surface area contributed by atoms with Crippen LogP contribution in [-0.4, -0.2) is 48.6 Å². The maximum absolute atomic E-state index is 11.8. The number of amides is 1. The van der Waals surface area contributed by atoms with Gasteiger partial charge in [-0.2, -0.15) is 0 Å². The molecule has 1 amide bonds. The Morgan fingerprint density at radius 2 is 2.61 bits per heavy atom. The highest BCUT2D eigenvalue weighted by atomic mass is 32.1. The molecule has 100 valence electrons. The Balaban J connectivity index is 2.02. The molecule has 1 aromatic heterocycles. The highest BCUT2D eigenvalue weighted by Crippen LogP contribution is 2.20. The molecule has 7 nitrogen and oxygen atoms in total. The van der Waals surface area contributed by atoms with E-state index in [0.29, 0.717) is 24.9 Å².